The van der Waals surface area contributed by atoms with E-state index >= 15 is 0 Å². The van der Waals surface area contributed by atoms with Gasteiger partial charge >= 0.3 is 0 Å². The van der Waals surface area contributed by atoms with E-state index in [0.717, 1.165) is 31.5 Å². The van der Waals surface area contributed by atoms with Crippen LogP contribution in [0.5, 0.6) is 0 Å². The molecule has 1 N–H and O–H groups in total. The first kappa shape index (κ1) is 16.4. The fraction of sp³-hybridized carbons (Fsp3) is 0.421. The third-order valence-corrected chi connectivity index (χ3v) is 4.52. The normalized spacial score (nSPS) is 15.3. The van der Waals surface area contributed by atoms with Crippen molar-refractivity contribution in [3.05, 3.63) is 53.3 Å². The second-order valence-corrected chi connectivity index (χ2v) is 6.58. The molecule has 2 heterocycles. The fourth-order valence-electron chi connectivity index (χ4n) is 2.82. The third kappa shape index (κ3) is 4.10. The van der Waals surface area contributed by atoms with Gasteiger partial charge in [-0.25, -0.2) is 9.97 Å². The summed E-state index contributed by atoms with van der Waals surface area (Å²) in [7, 11) is 0. The topological polar surface area (TPSA) is 58.1 Å². The fourth-order valence-corrected chi connectivity index (χ4v) is 2.82. The average molecular weight is 324 g/mol. The van der Waals surface area contributed by atoms with Crippen molar-refractivity contribution in [2.24, 2.45) is 5.92 Å². The van der Waals surface area contributed by atoms with Crippen molar-refractivity contribution in [3.63, 3.8) is 0 Å². The molecule has 1 aromatic heterocycles. The number of rotatable bonds is 4. The van der Waals surface area contributed by atoms with Crippen molar-refractivity contribution in [3.8, 4) is 0 Å². The number of aryl methyl sites for hydroxylation is 1. The minimum Gasteiger partial charge on any atom is -0.350 e. The number of nitrogens with one attached hydrogen (secondary N) is 1. The zero-order chi connectivity index (χ0) is 16.9. The molecule has 1 fully saturated rings. The maximum Gasteiger partial charge on any atom is 0.272 e. The summed E-state index contributed by atoms with van der Waals surface area (Å²) in [5.41, 5.74) is 2.86. The van der Waals surface area contributed by atoms with Crippen LogP contribution in [0.2, 0.25) is 0 Å². The standard InChI is InChI=1S/C19H24N4O/c1-14-3-5-16(6-4-14)13-21-19-20-10-7-17(22-19)18(24)23-11-8-15(2)9-12-23/h3-7,10,15H,8-9,11-13H2,1-2H3,(H,20,21,22). The minimum atomic E-state index is 0.00249. The van der Waals surface area contributed by atoms with E-state index in [1.165, 1.54) is 5.56 Å². The minimum absolute atomic E-state index is 0.00249. The molecular weight excluding hydrogens is 300 g/mol. The van der Waals surface area contributed by atoms with Crippen LogP contribution in [0.15, 0.2) is 36.5 Å². The smallest absolute Gasteiger partial charge is 0.272 e. The Morgan fingerprint density at radius 2 is 1.92 bits per heavy atom. The number of piperidine rings is 1. The van der Waals surface area contributed by atoms with Gasteiger partial charge in [0, 0.05) is 25.8 Å². The van der Waals surface area contributed by atoms with Gasteiger partial charge in [-0.1, -0.05) is 36.8 Å². The first-order valence-corrected chi connectivity index (χ1v) is 8.53. The first-order valence-electron chi connectivity index (χ1n) is 8.53. The van der Waals surface area contributed by atoms with Crippen LogP contribution in [0.4, 0.5) is 5.95 Å². The van der Waals surface area contributed by atoms with Gasteiger partial charge in [0.2, 0.25) is 5.95 Å². The molecule has 0 unspecified atom stereocenters. The van der Waals surface area contributed by atoms with Crippen molar-refractivity contribution >= 4 is 11.9 Å². The molecule has 0 bridgehead atoms. The molecule has 1 aliphatic heterocycles. The van der Waals surface area contributed by atoms with Gasteiger partial charge in [-0.15, -0.1) is 0 Å². The number of likely N-dealkylation sites (tertiary alicyclic amines) is 1. The van der Waals surface area contributed by atoms with Gasteiger partial charge in [0.25, 0.3) is 5.91 Å². The summed E-state index contributed by atoms with van der Waals surface area (Å²) in [5.74, 6) is 1.20. The van der Waals surface area contributed by atoms with Crippen LogP contribution in [0.3, 0.4) is 0 Å². The Labute approximate surface area is 143 Å². The van der Waals surface area contributed by atoms with Crippen LogP contribution in [0.25, 0.3) is 0 Å². The van der Waals surface area contributed by atoms with E-state index in [4.69, 9.17) is 0 Å². The maximum atomic E-state index is 12.6. The van der Waals surface area contributed by atoms with Crippen LogP contribution < -0.4 is 5.32 Å². The Balaban J connectivity index is 1.63. The number of carbonyl (C=O) groups is 1. The van der Waals surface area contributed by atoms with Crippen LogP contribution in [0, 0.1) is 12.8 Å². The zero-order valence-electron chi connectivity index (χ0n) is 14.3. The highest BCUT2D eigenvalue weighted by atomic mass is 16.2. The Morgan fingerprint density at radius 3 is 2.62 bits per heavy atom. The predicted octanol–water partition coefficient (Wildman–Crippen LogP) is 3.27. The van der Waals surface area contributed by atoms with Gasteiger partial charge in [-0.05, 0) is 37.3 Å². The largest absolute Gasteiger partial charge is 0.350 e. The average Bonchev–Trinajstić information content (AvgIpc) is 2.61. The summed E-state index contributed by atoms with van der Waals surface area (Å²) >= 11 is 0. The van der Waals surface area contributed by atoms with Gasteiger partial charge in [0.15, 0.2) is 0 Å². The molecule has 1 aliphatic rings. The van der Waals surface area contributed by atoms with E-state index in [1.807, 2.05) is 4.90 Å². The van der Waals surface area contributed by atoms with Gasteiger partial charge in [0.05, 0.1) is 0 Å². The molecule has 0 saturated carbocycles. The number of carbonyl (C=O) groups excluding carboxylic acids is 1. The van der Waals surface area contributed by atoms with E-state index in [-0.39, 0.29) is 5.91 Å². The molecule has 0 atom stereocenters. The predicted molar refractivity (Wildman–Crippen MR) is 94.8 cm³/mol. The van der Waals surface area contributed by atoms with E-state index in [2.05, 4.69) is 53.4 Å². The van der Waals surface area contributed by atoms with E-state index < -0.39 is 0 Å². The summed E-state index contributed by atoms with van der Waals surface area (Å²) in [5, 5.41) is 3.19. The molecule has 1 amide bonds. The van der Waals surface area contributed by atoms with E-state index in [1.54, 1.807) is 12.3 Å². The molecule has 5 heteroatoms. The lowest BCUT2D eigenvalue weighted by molar-refractivity contribution is 0.0691. The Morgan fingerprint density at radius 1 is 1.21 bits per heavy atom. The van der Waals surface area contributed by atoms with Gasteiger partial charge in [-0.2, -0.15) is 0 Å². The summed E-state index contributed by atoms with van der Waals surface area (Å²) in [6.45, 7) is 6.57. The number of anilines is 1. The lowest BCUT2D eigenvalue weighted by Gasteiger charge is -2.30. The Kier molecular flexibility index (Phi) is 5.08. The van der Waals surface area contributed by atoms with Crippen LogP contribution in [-0.4, -0.2) is 33.9 Å². The summed E-state index contributed by atoms with van der Waals surface area (Å²) in [6, 6.07) is 10.0. The van der Waals surface area contributed by atoms with Crippen molar-refractivity contribution in [2.45, 2.75) is 33.2 Å². The highest BCUT2D eigenvalue weighted by molar-refractivity contribution is 5.92. The number of amides is 1. The molecule has 0 aliphatic carbocycles. The molecule has 24 heavy (non-hydrogen) atoms. The molecule has 3 rings (SSSR count). The number of nitrogens with zero attached hydrogens (tertiary/aromatic N) is 3. The molecule has 0 spiro atoms. The Bertz CT molecular complexity index is 691. The summed E-state index contributed by atoms with van der Waals surface area (Å²) in [4.78, 5) is 23.1. The molecule has 5 nitrogen and oxygen atoms in total. The van der Waals surface area contributed by atoms with Crippen LogP contribution >= 0.6 is 0 Å². The third-order valence-electron chi connectivity index (χ3n) is 4.52. The van der Waals surface area contributed by atoms with Crippen LogP contribution in [-0.2, 0) is 6.54 Å². The van der Waals surface area contributed by atoms with E-state index in [9.17, 15) is 4.79 Å². The second kappa shape index (κ2) is 7.43. The first-order chi connectivity index (χ1) is 11.6. The zero-order valence-corrected chi connectivity index (χ0v) is 14.3. The van der Waals surface area contributed by atoms with Crippen molar-refractivity contribution in [1.29, 1.82) is 0 Å². The summed E-state index contributed by atoms with van der Waals surface area (Å²) < 4.78 is 0. The van der Waals surface area contributed by atoms with Gasteiger partial charge in [0.1, 0.15) is 5.69 Å². The SMILES string of the molecule is Cc1ccc(CNc2nccc(C(=O)N3CCC(C)CC3)n2)cc1. The van der Waals surface area contributed by atoms with Crippen molar-refractivity contribution in [2.75, 3.05) is 18.4 Å². The molecule has 1 aromatic carbocycles. The number of hydrogen-bond donors (Lipinski definition) is 1. The quantitative estimate of drug-likeness (QED) is 0.938. The van der Waals surface area contributed by atoms with Gasteiger partial charge < -0.3 is 10.2 Å². The molecular formula is C19H24N4O. The second-order valence-electron chi connectivity index (χ2n) is 6.58. The molecule has 0 radical (unpaired) electrons. The highest BCUT2D eigenvalue weighted by Crippen LogP contribution is 2.18. The lowest BCUT2D eigenvalue weighted by Crippen LogP contribution is -2.38. The van der Waals surface area contributed by atoms with Crippen molar-refractivity contribution < 1.29 is 4.79 Å². The monoisotopic (exact) mass is 324 g/mol. The maximum absolute atomic E-state index is 12.6. The number of hydrogen-bond acceptors (Lipinski definition) is 4. The molecule has 2 aromatic rings. The van der Waals surface area contributed by atoms with Gasteiger partial charge in [-0.3, -0.25) is 4.79 Å². The van der Waals surface area contributed by atoms with Crippen LogP contribution in [0.1, 0.15) is 41.4 Å². The van der Waals surface area contributed by atoms with E-state index in [0.29, 0.717) is 24.1 Å². The number of benzene rings is 1. The molecule has 1 saturated heterocycles. The highest BCUT2D eigenvalue weighted by Gasteiger charge is 2.22. The molecule has 126 valence electrons. The van der Waals surface area contributed by atoms with Crippen molar-refractivity contribution in [1.82, 2.24) is 14.9 Å². The Hall–Kier alpha value is -2.43. The number of aromatic nitrogens is 2. The summed E-state index contributed by atoms with van der Waals surface area (Å²) in [6.07, 6.45) is 3.77. The lowest BCUT2D eigenvalue weighted by atomic mass is 9.99.